The Morgan fingerprint density at radius 3 is 2.42 bits per heavy atom. The first-order valence-corrected chi connectivity index (χ1v) is 6.44. The molecule has 2 rings (SSSR count). The summed E-state index contributed by atoms with van der Waals surface area (Å²) in [4.78, 5) is 8.19. The van der Waals surface area contributed by atoms with Gasteiger partial charge in [0, 0.05) is 12.1 Å². The summed E-state index contributed by atoms with van der Waals surface area (Å²) >= 11 is 18.0. The maximum Gasteiger partial charge on any atom is 0.139 e. The number of benzene rings is 1. The molecule has 0 aliphatic rings. The molecule has 2 aromatic rings. The maximum absolute atomic E-state index is 6.11. The zero-order valence-corrected chi connectivity index (χ0v) is 12.4. The third kappa shape index (κ3) is 3.41. The number of anilines is 2. The Morgan fingerprint density at radius 2 is 1.79 bits per heavy atom. The number of nitrogens with one attached hydrogen (secondary N) is 1. The first-order valence-electron chi connectivity index (χ1n) is 5.31. The Labute approximate surface area is 125 Å². The second-order valence-electron chi connectivity index (χ2n) is 3.71. The highest BCUT2D eigenvalue weighted by Crippen LogP contribution is 2.35. The van der Waals surface area contributed by atoms with Crippen LogP contribution in [0.1, 0.15) is 5.82 Å². The van der Waals surface area contributed by atoms with Gasteiger partial charge in [-0.1, -0.05) is 34.8 Å². The molecule has 0 unspecified atom stereocenters. The van der Waals surface area contributed by atoms with E-state index < -0.39 is 0 Å². The van der Waals surface area contributed by atoms with Crippen molar-refractivity contribution in [3.05, 3.63) is 39.2 Å². The minimum absolute atomic E-state index is 0.354. The molecule has 1 heterocycles. The second kappa shape index (κ2) is 5.82. The van der Waals surface area contributed by atoms with E-state index in [0.29, 0.717) is 38.3 Å². The van der Waals surface area contributed by atoms with E-state index in [1.54, 1.807) is 25.1 Å². The molecule has 0 aliphatic heterocycles. The van der Waals surface area contributed by atoms with E-state index >= 15 is 0 Å². The summed E-state index contributed by atoms with van der Waals surface area (Å²) in [6.07, 6.45) is 0. The number of aryl methyl sites for hydroxylation is 1. The van der Waals surface area contributed by atoms with Crippen LogP contribution < -0.4 is 10.1 Å². The molecule has 100 valence electrons. The van der Waals surface area contributed by atoms with Gasteiger partial charge in [-0.15, -0.1) is 0 Å². The Balaban J connectivity index is 2.37. The molecule has 0 saturated carbocycles. The number of nitrogens with zero attached hydrogens (tertiary/aromatic N) is 2. The molecule has 0 amide bonds. The molecule has 1 N–H and O–H groups in total. The van der Waals surface area contributed by atoms with Gasteiger partial charge < -0.3 is 10.1 Å². The molecule has 19 heavy (non-hydrogen) atoms. The van der Waals surface area contributed by atoms with Crippen molar-refractivity contribution in [2.45, 2.75) is 6.92 Å². The fourth-order valence-corrected chi connectivity index (χ4v) is 2.25. The lowest BCUT2D eigenvalue weighted by molar-refractivity contribution is 0.415. The first kappa shape index (κ1) is 14.2. The van der Waals surface area contributed by atoms with Crippen LogP contribution in [0.3, 0.4) is 0 Å². The second-order valence-corrected chi connectivity index (χ2v) is 4.92. The number of halogens is 3. The van der Waals surface area contributed by atoms with Crippen LogP contribution in [0, 0.1) is 6.92 Å². The molecule has 0 bridgehead atoms. The minimum Gasteiger partial charge on any atom is -0.495 e. The van der Waals surface area contributed by atoms with E-state index in [4.69, 9.17) is 39.5 Å². The third-order valence-corrected chi connectivity index (χ3v) is 3.11. The van der Waals surface area contributed by atoms with Crippen LogP contribution in [0.2, 0.25) is 15.2 Å². The highest BCUT2D eigenvalue weighted by molar-refractivity contribution is 6.37. The fourth-order valence-electron chi connectivity index (χ4n) is 1.51. The fraction of sp³-hybridized carbons (Fsp3) is 0.167. The highest BCUT2D eigenvalue weighted by Gasteiger charge is 2.09. The van der Waals surface area contributed by atoms with Crippen LogP contribution in [0.5, 0.6) is 5.75 Å². The molecular formula is C12H10Cl3N3O. The Kier molecular flexibility index (Phi) is 4.34. The van der Waals surface area contributed by atoms with Gasteiger partial charge in [0.2, 0.25) is 0 Å². The van der Waals surface area contributed by atoms with E-state index in [-0.39, 0.29) is 0 Å². The van der Waals surface area contributed by atoms with Crippen LogP contribution in [0.15, 0.2) is 18.2 Å². The normalized spacial score (nSPS) is 10.4. The monoisotopic (exact) mass is 317 g/mol. The zero-order valence-electron chi connectivity index (χ0n) is 10.2. The average Bonchev–Trinajstić information content (AvgIpc) is 2.31. The molecular weight excluding hydrogens is 309 g/mol. The third-order valence-electron chi connectivity index (χ3n) is 2.31. The van der Waals surface area contributed by atoms with Crippen molar-refractivity contribution in [2.24, 2.45) is 0 Å². The molecule has 0 aliphatic carbocycles. The van der Waals surface area contributed by atoms with Gasteiger partial charge in [-0.25, -0.2) is 9.97 Å². The number of methoxy groups -OCH3 is 1. The summed E-state index contributed by atoms with van der Waals surface area (Å²) in [5.74, 6) is 1.63. The van der Waals surface area contributed by atoms with Crippen molar-refractivity contribution in [2.75, 3.05) is 12.4 Å². The summed E-state index contributed by atoms with van der Waals surface area (Å²) in [5.41, 5.74) is 0.622. The predicted molar refractivity (Wildman–Crippen MR) is 78.1 cm³/mol. The standard InChI is InChI=1S/C12H10Cl3N3O/c1-6-16-11(15)5-12(17-6)18-9-4-10(19-2)8(14)3-7(9)13/h3-5H,1-2H3,(H,16,17,18). The Morgan fingerprint density at radius 1 is 1.05 bits per heavy atom. The molecule has 4 nitrogen and oxygen atoms in total. The van der Waals surface area contributed by atoms with E-state index in [2.05, 4.69) is 15.3 Å². The zero-order chi connectivity index (χ0) is 14.0. The first-order chi connectivity index (χ1) is 8.99. The van der Waals surface area contributed by atoms with Crippen molar-refractivity contribution < 1.29 is 4.74 Å². The van der Waals surface area contributed by atoms with Crippen LogP contribution in [-0.4, -0.2) is 17.1 Å². The number of hydrogen-bond donors (Lipinski definition) is 1. The molecule has 0 fully saturated rings. The molecule has 1 aromatic heterocycles. The number of aromatic nitrogens is 2. The van der Waals surface area contributed by atoms with E-state index in [1.165, 1.54) is 7.11 Å². The summed E-state index contributed by atoms with van der Waals surface area (Å²) < 4.78 is 5.14. The van der Waals surface area contributed by atoms with Crippen molar-refractivity contribution in [1.29, 1.82) is 0 Å². The SMILES string of the molecule is COc1cc(Nc2cc(Cl)nc(C)n2)c(Cl)cc1Cl. The van der Waals surface area contributed by atoms with E-state index in [0.717, 1.165) is 0 Å². The average molecular weight is 319 g/mol. The topological polar surface area (TPSA) is 47.0 Å². The smallest absolute Gasteiger partial charge is 0.139 e. The predicted octanol–water partition coefficient (Wildman–Crippen LogP) is 4.50. The molecule has 7 heteroatoms. The largest absolute Gasteiger partial charge is 0.495 e. The number of rotatable bonds is 3. The highest BCUT2D eigenvalue weighted by atomic mass is 35.5. The van der Waals surface area contributed by atoms with Crippen molar-refractivity contribution in [3.63, 3.8) is 0 Å². The number of ether oxygens (including phenoxy) is 1. The van der Waals surface area contributed by atoms with E-state index in [9.17, 15) is 0 Å². The molecule has 1 aromatic carbocycles. The lowest BCUT2D eigenvalue weighted by Gasteiger charge is -2.11. The van der Waals surface area contributed by atoms with Crippen LogP contribution in [0.4, 0.5) is 11.5 Å². The van der Waals surface area contributed by atoms with Crippen molar-refractivity contribution in [3.8, 4) is 5.75 Å². The van der Waals surface area contributed by atoms with Gasteiger partial charge in [0.05, 0.1) is 22.8 Å². The Hall–Kier alpha value is -1.23. The van der Waals surface area contributed by atoms with Crippen molar-refractivity contribution in [1.82, 2.24) is 9.97 Å². The van der Waals surface area contributed by atoms with Crippen molar-refractivity contribution >= 4 is 46.3 Å². The van der Waals surface area contributed by atoms with Gasteiger partial charge in [0.25, 0.3) is 0 Å². The van der Waals surface area contributed by atoms with Gasteiger partial charge >= 0.3 is 0 Å². The number of hydrogen-bond acceptors (Lipinski definition) is 4. The summed E-state index contributed by atoms with van der Waals surface area (Å²) in [7, 11) is 1.53. The maximum atomic E-state index is 6.11. The lowest BCUT2D eigenvalue weighted by atomic mass is 10.3. The Bertz CT molecular complexity index is 599. The lowest BCUT2D eigenvalue weighted by Crippen LogP contribution is -1.98. The molecule has 0 radical (unpaired) electrons. The summed E-state index contributed by atoms with van der Waals surface area (Å²) in [5, 5.41) is 4.30. The van der Waals surface area contributed by atoms with Gasteiger partial charge in [-0.2, -0.15) is 0 Å². The summed E-state index contributed by atoms with van der Waals surface area (Å²) in [6, 6.07) is 4.89. The van der Waals surface area contributed by atoms with Crippen LogP contribution in [0.25, 0.3) is 0 Å². The molecule has 0 saturated heterocycles. The summed E-state index contributed by atoms with van der Waals surface area (Å²) in [6.45, 7) is 1.75. The van der Waals surface area contributed by atoms with Crippen LogP contribution >= 0.6 is 34.8 Å². The van der Waals surface area contributed by atoms with Crippen LogP contribution in [-0.2, 0) is 0 Å². The van der Waals surface area contributed by atoms with Gasteiger partial charge in [0.1, 0.15) is 22.5 Å². The van der Waals surface area contributed by atoms with Gasteiger partial charge in [-0.05, 0) is 13.0 Å². The molecule has 0 spiro atoms. The van der Waals surface area contributed by atoms with E-state index in [1.807, 2.05) is 0 Å². The quantitative estimate of drug-likeness (QED) is 0.847. The van der Waals surface area contributed by atoms with Gasteiger partial charge in [-0.3, -0.25) is 0 Å². The van der Waals surface area contributed by atoms with Gasteiger partial charge in [0.15, 0.2) is 0 Å². The minimum atomic E-state index is 0.354. The molecule has 0 atom stereocenters.